The second kappa shape index (κ2) is 8.97. The van der Waals surface area contributed by atoms with E-state index in [9.17, 15) is 9.59 Å². The summed E-state index contributed by atoms with van der Waals surface area (Å²) < 4.78 is 0. The zero-order valence-corrected chi connectivity index (χ0v) is 15.4. The van der Waals surface area contributed by atoms with Gasteiger partial charge in [-0.2, -0.15) is 0 Å². The zero-order chi connectivity index (χ0) is 18.4. The van der Waals surface area contributed by atoms with E-state index < -0.39 is 0 Å². The lowest BCUT2D eigenvalue weighted by Gasteiger charge is -2.36. The second-order valence-electron chi connectivity index (χ2n) is 7.05. The van der Waals surface area contributed by atoms with Crippen molar-refractivity contribution in [1.82, 2.24) is 15.1 Å². The van der Waals surface area contributed by atoms with Gasteiger partial charge in [0.2, 0.25) is 11.8 Å². The molecule has 0 spiro atoms. The fraction of sp³-hybridized carbons (Fsp3) is 0.579. The van der Waals surface area contributed by atoms with Crippen LogP contribution in [-0.4, -0.2) is 60.4 Å². The molecule has 3 N–H and O–H groups in total. The lowest BCUT2D eigenvalue weighted by atomic mass is 9.94. The van der Waals surface area contributed by atoms with E-state index in [0.29, 0.717) is 32.7 Å². The number of nitrogens with zero attached hydrogens (tertiary/aromatic N) is 2. The number of piperazine rings is 1. The van der Waals surface area contributed by atoms with E-state index >= 15 is 0 Å². The maximum Gasteiger partial charge on any atom is 0.234 e. The molecule has 138 valence electrons. The maximum atomic E-state index is 12.7. The number of hydrogen-bond acceptors (Lipinski definition) is 4. The lowest BCUT2D eigenvalue weighted by molar-refractivity contribution is -0.137. The molecule has 1 aliphatic rings. The highest BCUT2D eigenvalue weighted by Gasteiger charge is 2.29. The van der Waals surface area contributed by atoms with Crippen molar-refractivity contribution in [2.24, 2.45) is 11.7 Å². The van der Waals surface area contributed by atoms with Gasteiger partial charge in [0, 0.05) is 38.3 Å². The minimum atomic E-state index is -0.302. The van der Waals surface area contributed by atoms with Gasteiger partial charge in [0.15, 0.2) is 0 Å². The Morgan fingerprint density at radius 3 is 2.24 bits per heavy atom. The highest BCUT2D eigenvalue weighted by atomic mass is 16.2. The molecule has 1 heterocycles. The summed E-state index contributed by atoms with van der Waals surface area (Å²) in [4.78, 5) is 28.5. The SMILES string of the molecule is CC(C)NC(=O)CN1CCN(C(=O)C(C)C(N)c2ccccc2)CC1. The number of hydrogen-bond donors (Lipinski definition) is 2. The largest absolute Gasteiger partial charge is 0.353 e. The summed E-state index contributed by atoms with van der Waals surface area (Å²) in [5.41, 5.74) is 7.25. The van der Waals surface area contributed by atoms with Crippen LogP contribution in [0, 0.1) is 5.92 Å². The smallest absolute Gasteiger partial charge is 0.234 e. The molecule has 25 heavy (non-hydrogen) atoms. The summed E-state index contributed by atoms with van der Waals surface area (Å²) in [6, 6.07) is 9.58. The van der Waals surface area contributed by atoms with E-state index in [1.165, 1.54) is 0 Å². The number of rotatable bonds is 6. The van der Waals surface area contributed by atoms with E-state index in [0.717, 1.165) is 5.56 Å². The summed E-state index contributed by atoms with van der Waals surface area (Å²) in [6.45, 7) is 8.88. The molecule has 2 atom stereocenters. The van der Waals surface area contributed by atoms with Crippen LogP contribution in [-0.2, 0) is 9.59 Å². The Balaban J connectivity index is 1.83. The molecule has 0 saturated carbocycles. The van der Waals surface area contributed by atoms with Gasteiger partial charge in [-0.25, -0.2) is 0 Å². The summed E-state index contributed by atoms with van der Waals surface area (Å²) >= 11 is 0. The van der Waals surface area contributed by atoms with Crippen LogP contribution in [0.4, 0.5) is 0 Å². The summed E-state index contributed by atoms with van der Waals surface area (Å²) in [5.74, 6) is -0.143. The second-order valence-corrected chi connectivity index (χ2v) is 7.05. The van der Waals surface area contributed by atoms with E-state index in [-0.39, 0.29) is 29.8 Å². The highest BCUT2D eigenvalue weighted by Crippen LogP contribution is 2.21. The topological polar surface area (TPSA) is 78.7 Å². The predicted octanol–water partition coefficient (Wildman–Crippen LogP) is 0.991. The Morgan fingerprint density at radius 1 is 1.08 bits per heavy atom. The standard InChI is InChI=1S/C19H30N4O2/c1-14(2)21-17(24)13-22-9-11-23(12-10-22)19(25)15(3)18(20)16-7-5-4-6-8-16/h4-8,14-15,18H,9-13,20H2,1-3H3,(H,21,24). The molecule has 0 aromatic heterocycles. The van der Waals surface area contributed by atoms with Gasteiger partial charge in [-0.3, -0.25) is 14.5 Å². The monoisotopic (exact) mass is 346 g/mol. The fourth-order valence-electron chi connectivity index (χ4n) is 3.10. The Morgan fingerprint density at radius 2 is 1.68 bits per heavy atom. The number of carbonyl (C=O) groups is 2. The molecule has 0 bridgehead atoms. The average molecular weight is 346 g/mol. The quantitative estimate of drug-likeness (QED) is 0.805. The summed E-state index contributed by atoms with van der Waals surface area (Å²) in [5, 5.41) is 2.90. The zero-order valence-electron chi connectivity index (χ0n) is 15.4. The average Bonchev–Trinajstić information content (AvgIpc) is 2.60. The molecule has 0 aliphatic carbocycles. The fourth-order valence-corrected chi connectivity index (χ4v) is 3.10. The van der Waals surface area contributed by atoms with Crippen LogP contribution in [0.1, 0.15) is 32.4 Å². The molecule has 2 unspecified atom stereocenters. The van der Waals surface area contributed by atoms with Crippen molar-refractivity contribution in [1.29, 1.82) is 0 Å². The van der Waals surface area contributed by atoms with Crippen molar-refractivity contribution in [3.8, 4) is 0 Å². The first kappa shape index (κ1) is 19.4. The Labute approximate surface area is 150 Å². The van der Waals surface area contributed by atoms with Gasteiger partial charge in [0.1, 0.15) is 0 Å². The molecular weight excluding hydrogens is 316 g/mol. The van der Waals surface area contributed by atoms with Crippen molar-refractivity contribution in [3.63, 3.8) is 0 Å². The molecular formula is C19H30N4O2. The van der Waals surface area contributed by atoms with Gasteiger partial charge in [-0.15, -0.1) is 0 Å². The number of carbonyl (C=O) groups excluding carboxylic acids is 2. The molecule has 1 aromatic carbocycles. The van der Waals surface area contributed by atoms with Crippen LogP contribution in [0.2, 0.25) is 0 Å². The molecule has 1 aromatic rings. The number of benzene rings is 1. The van der Waals surface area contributed by atoms with Gasteiger partial charge in [0.25, 0.3) is 0 Å². The molecule has 1 saturated heterocycles. The van der Waals surface area contributed by atoms with Crippen LogP contribution in [0.5, 0.6) is 0 Å². The van der Waals surface area contributed by atoms with E-state index in [1.54, 1.807) is 0 Å². The number of amides is 2. The van der Waals surface area contributed by atoms with Crippen molar-refractivity contribution in [3.05, 3.63) is 35.9 Å². The van der Waals surface area contributed by atoms with Crippen molar-refractivity contribution in [2.45, 2.75) is 32.9 Å². The number of nitrogens with two attached hydrogens (primary N) is 1. The van der Waals surface area contributed by atoms with Gasteiger partial charge < -0.3 is 16.0 Å². The Kier molecular flexibility index (Phi) is 6.96. The predicted molar refractivity (Wildman–Crippen MR) is 98.8 cm³/mol. The van der Waals surface area contributed by atoms with Crippen LogP contribution in [0.3, 0.4) is 0 Å². The minimum Gasteiger partial charge on any atom is -0.353 e. The van der Waals surface area contributed by atoms with Crippen molar-refractivity contribution in [2.75, 3.05) is 32.7 Å². The first-order valence-corrected chi connectivity index (χ1v) is 8.99. The van der Waals surface area contributed by atoms with Gasteiger partial charge >= 0.3 is 0 Å². The van der Waals surface area contributed by atoms with Crippen LogP contribution in [0.15, 0.2) is 30.3 Å². The third-order valence-corrected chi connectivity index (χ3v) is 4.61. The number of nitrogens with one attached hydrogen (secondary N) is 1. The van der Waals surface area contributed by atoms with Crippen LogP contribution in [0.25, 0.3) is 0 Å². The molecule has 1 aliphatic heterocycles. The molecule has 6 heteroatoms. The van der Waals surface area contributed by atoms with Gasteiger partial charge in [0.05, 0.1) is 12.5 Å². The maximum absolute atomic E-state index is 12.7. The normalized spacial score (nSPS) is 18.0. The molecule has 2 rings (SSSR count). The molecule has 6 nitrogen and oxygen atoms in total. The van der Waals surface area contributed by atoms with Gasteiger partial charge in [-0.1, -0.05) is 37.3 Å². The van der Waals surface area contributed by atoms with Gasteiger partial charge in [-0.05, 0) is 19.4 Å². The van der Waals surface area contributed by atoms with Crippen molar-refractivity contribution >= 4 is 11.8 Å². The van der Waals surface area contributed by atoms with Crippen molar-refractivity contribution < 1.29 is 9.59 Å². The third-order valence-electron chi connectivity index (χ3n) is 4.61. The molecule has 1 fully saturated rings. The lowest BCUT2D eigenvalue weighted by Crippen LogP contribution is -2.53. The minimum absolute atomic E-state index is 0.0363. The molecule has 0 radical (unpaired) electrons. The van der Waals surface area contributed by atoms with E-state index in [1.807, 2.05) is 56.0 Å². The first-order chi connectivity index (χ1) is 11.9. The van der Waals surface area contributed by atoms with E-state index in [2.05, 4.69) is 10.2 Å². The van der Waals surface area contributed by atoms with E-state index in [4.69, 9.17) is 5.73 Å². The van der Waals surface area contributed by atoms with Crippen LogP contribution < -0.4 is 11.1 Å². The Hall–Kier alpha value is -1.92. The van der Waals surface area contributed by atoms with Crippen LogP contribution >= 0.6 is 0 Å². The summed E-state index contributed by atoms with van der Waals surface area (Å²) in [6.07, 6.45) is 0. The third kappa shape index (κ3) is 5.54. The molecule has 2 amide bonds. The summed E-state index contributed by atoms with van der Waals surface area (Å²) in [7, 11) is 0. The first-order valence-electron chi connectivity index (χ1n) is 8.99. The Bertz CT molecular complexity index is 568. The highest BCUT2D eigenvalue weighted by molar-refractivity contribution is 5.80.